The summed E-state index contributed by atoms with van der Waals surface area (Å²) >= 11 is 1.74. The summed E-state index contributed by atoms with van der Waals surface area (Å²) in [7, 11) is 1.75. The average molecular weight is 372 g/mol. The van der Waals surface area contributed by atoms with Crippen LogP contribution >= 0.6 is 11.3 Å². The Labute approximate surface area is 158 Å². The van der Waals surface area contributed by atoms with Crippen LogP contribution in [-0.4, -0.2) is 43.0 Å². The van der Waals surface area contributed by atoms with Gasteiger partial charge in [-0.25, -0.2) is 4.98 Å². The molecule has 0 saturated carbocycles. The fourth-order valence-electron chi connectivity index (χ4n) is 3.15. The van der Waals surface area contributed by atoms with Crippen LogP contribution in [-0.2, 0) is 11.2 Å². The number of aliphatic imine (C=N–C) groups is 1. The zero-order valence-corrected chi connectivity index (χ0v) is 16.3. The summed E-state index contributed by atoms with van der Waals surface area (Å²) in [5, 5.41) is 7.81. The lowest BCUT2D eigenvalue weighted by Crippen LogP contribution is -2.45. The summed E-state index contributed by atoms with van der Waals surface area (Å²) in [6, 6.07) is 9.85. The molecule has 1 fully saturated rings. The lowest BCUT2D eigenvalue weighted by molar-refractivity contribution is -0.117. The van der Waals surface area contributed by atoms with E-state index in [2.05, 4.69) is 20.6 Å². The highest BCUT2D eigenvalue weighted by molar-refractivity contribution is 7.11. The minimum atomic E-state index is 0.0568. The highest BCUT2D eigenvalue weighted by atomic mass is 32.1. The normalized spacial score (nSPS) is 17.7. The summed E-state index contributed by atoms with van der Waals surface area (Å²) in [5.41, 5.74) is 2.05. The molecule has 0 aliphatic carbocycles. The van der Waals surface area contributed by atoms with E-state index in [0.717, 1.165) is 35.3 Å². The maximum atomic E-state index is 12.3. The Morgan fingerprint density at radius 3 is 2.77 bits per heavy atom. The number of hydrogen-bond donors (Lipinski definition) is 2. The van der Waals surface area contributed by atoms with Crippen molar-refractivity contribution in [2.75, 3.05) is 25.0 Å². The number of carbonyl (C=O) groups is 1. The number of aryl methyl sites for hydroxylation is 2. The van der Waals surface area contributed by atoms with E-state index in [1.165, 1.54) is 4.88 Å². The zero-order chi connectivity index (χ0) is 18.5. The number of nitrogens with zero attached hydrogens (tertiary/aromatic N) is 3. The van der Waals surface area contributed by atoms with Crippen LogP contribution in [0.3, 0.4) is 0 Å². The molecule has 1 atom stereocenters. The van der Waals surface area contributed by atoms with Crippen LogP contribution in [0.5, 0.6) is 0 Å². The van der Waals surface area contributed by atoms with Crippen LogP contribution in [0.2, 0.25) is 0 Å². The first-order chi connectivity index (χ1) is 12.6. The molecular weight excluding hydrogens is 346 g/mol. The number of benzene rings is 1. The van der Waals surface area contributed by atoms with Gasteiger partial charge in [0.25, 0.3) is 0 Å². The predicted molar refractivity (Wildman–Crippen MR) is 107 cm³/mol. The molecular formula is C19H25N5OS. The Kier molecular flexibility index (Phi) is 5.88. The third-order valence-corrected chi connectivity index (χ3v) is 5.53. The van der Waals surface area contributed by atoms with Crippen LogP contribution in [0.25, 0.3) is 0 Å². The van der Waals surface area contributed by atoms with E-state index in [9.17, 15) is 4.79 Å². The second kappa shape index (κ2) is 8.31. The molecule has 2 N–H and O–H groups in total. The van der Waals surface area contributed by atoms with Gasteiger partial charge in [0.2, 0.25) is 5.91 Å². The molecule has 0 spiro atoms. The standard InChI is InChI=1S/C19H25N5OS/c1-13-17(26-14(2)22-13)9-10-21-19(20-3)23-15-11-18(25)24(12-15)16-7-5-4-6-8-16/h4-8,15H,9-12H2,1-3H3,(H2,20,21,23). The van der Waals surface area contributed by atoms with Gasteiger partial charge in [-0.2, -0.15) is 0 Å². The molecule has 7 heteroatoms. The maximum Gasteiger partial charge on any atom is 0.229 e. The number of hydrogen-bond acceptors (Lipinski definition) is 4. The third-order valence-electron chi connectivity index (χ3n) is 4.40. The third kappa shape index (κ3) is 4.40. The number of para-hydroxylation sites is 1. The highest BCUT2D eigenvalue weighted by Crippen LogP contribution is 2.21. The van der Waals surface area contributed by atoms with Crippen LogP contribution in [0, 0.1) is 13.8 Å². The number of amides is 1. The van der Waals surface area contributed by atoms with Crippen LogP contribution in [0.1, 0.15) is 22.0 Å². The van der Waals surface area contributed by atoms with E-state index in [4.69, 9.17) is 0 Å². The molecule has 1 aliphatic heterocycles. The topological polar surface area (TPSA) is 69.6 Å². The van der Waals surface area contributed by atoms with Gasteiger partial charge in [-0.15, -0.1) is 11.3 Å². The van der Waals surface area contributed by atoms with Gasteiger partial charge < -0.3 is 15.5 Å². The summed E-state index contributed by atoms with van der Waals surface area (Å²) in [6.07, 6.45) is 1.39. The van der Waals surface area contributed by atoms with Gasteiger partial charge in [-0.1, -0.05) is 18.2 Å². The number of thiazole rings is 1. The minimum Gasteiger partial charge on any atom is -0.356 e. The van der Waals surface area contributed by atoms with Gasteiger partial charge in [0.05, 0.1) is 16.7 Å². The molecule has 1 saturated heterocycles. The smallest absolute Gasteiger partial charge is 0.229 e. The van der Waals surface area contributed by atoms with E-state index in [-0.39, 0.29) is 11.9 Å². The SMILES string of the molecule is CN=C(NCCc1sc(C)nc1C)NC1CC(=O)N(c2ccccc2)C1. The number of carbonyl (C=O) groups excluding carboxylic acids is 1. The van der Waals surface area contributed by atoms with Gasteiger partial charge >= 0.3 is 0 Å². The molecule has 6 nitrogen and oxygen atoms in total. The molecule has 0 radical (unpaired) electrons. The largest absolute Gasteiger partial charge is 0.356 e. The number of aromatic nitrogens is 1. The van der Waals surface area contributed by atoms with E-state index in [1.807, 2.05) is 49.1 Å². The van der Waals surface area contributed by atoms with Crippen molar-refractivity contribution in [1.82, 2.24) is 15.6 Å². The Morgan fingerprint density at radius 1 is 1.35 bits per heavy atom. The molecule has 1 unspecified atom stereocenters. The quantitative estimate of drug-likeness (QED) is 0.625. The van der Waals surface area contributed by atoms with Crippen LogP contribution < -0.4 is 15.5 Å². The van der Waals surface area contributed by atoms with Gasteiger partial charge in [0.1, 0.15) is 0 Å². The minimum absolute atomic E-state index is 0.0568. The van der Waals surface area contributed by atoms with E-state index in [1.54, 1.807) is 18.4 Å². The van der Waals surface area contributed by atoms with Crippen molar-refractivity contribution in [3.8, 4) is 0 Å². The summed E-state index contributed by atoms with van der Waals surface area (Å²) in [4.78, 5) is 24.2. The van der Waals surface area contributed by atoms with E-state index >= 15 is 0 Å². The maximum absolute atomic E-state index is 12.3. The van der Waals surface area contributed by atoms with Gasteiger partial charge in [-0.05, 0) is 26.0 Å². The van der Waals surface area contributed by atoms with Crippen molar-refractivity contribution in [2.24, 2.45) is 4.99 Å². The lowest BCUT2D eigenvalue weighted by Gasteiger charge is -2.19. The lowest BCUT2D eigenvalue weighted by atomic mass is 10.2. The van der Waals surface area contributed by atoms with Crippen molar-refractivity contribution in [3.63, 3.8) is 0 Å². The fourth-order valence-corrected chi connectivity index (χ4v) is 4.09. The molecule has 1 amide bonds. The molecule has 0 bridgehead atoms. The van der Waals surface area contributed by atoms with E-state index < -0.39 is 0 Å². The number of anilines is 1. The Morgan fingerprint density at radius 2 is 2.12 bits per heavy atom. The Bertz CT molecular complexity index is 786. The van der Waals surface area contributed by atoms with Crippen LogP contribution in [0.4, 0.5) is 5.69 Å². The van der Waals surface area contributed by atoms with Crippen molar-refractivity contribution in [3.05, 3.63) is 45.9 Å². The number of guanidine groups is 1. The molecule has 1 aromatic carbocycles. The number of rotatable bonds is 5. The Hall–Kier alpha value is -2.41. The van der Waals surface area contributed by atoms with Crippen LogP contribution in [0.15, 0.2) is 35.3 Å². The van der Waals surface area contributed by atoms with Crippen molar-refractivity contribution in [2.45, 2.75) is 32.7 Å². The second-order valence-corrected chi connectivity index (χ2v) is 7.66. The first-order valence-electron chi connectivity index (χ1n) is 8.82. The summed E-state index contributed by atoms with van der Waals surface area (Å²) in [5.74, 6) is 0.872. The van der Waals surface area contributed by atoms with E-state index in [0.29, 0.717) is 13.0 Å². The van der Waals surface area contributed by atoms with Crippen molar-refractivity contribution in [1.29, 1.82) is 0 Å². The molecule has 138 valence electrons. The van der Waals surface area contributed by atoms with Gasteiger partial charge in [0, 0.05) is 43.5 Å². The first kappa shape index (κ1) is 18.4. The molecule has 1 aliphatic rings. The molecule has 1 aromatic heterocycles. The fraction of sp³-hybridized carbons (Fsp3) is 0.421. The highest BCUT2D eigenvalue weighted by Gasteiger charge is 2.30. The molecule has 2 heterocycles. The first-order valence-corrected chi connectivity index (χ1v) is 9.64. The molecule has 3 rings (SSSR count). The molecule has 2 aromatic rings. The second-order valence-electron chi connectivity index (χ2n) is 6.38. The van der Waals surface area contributed by atoms with Crippen molar-refractivity contribution < 1.29 is 4.79 Å². The number of nitrogens with one attached hydrogen (secondary N) is 2. The summed E-state index contributed by atoms with van der Waals surface area (Å²) in [6.45, 7) is 5.51. The average Bonchev–Trinajstić information content (AvgIpc) is 3.16. The Balaban J connectivity index is 1.51. The molecule has 26 heavy (non-hydrogen) atoms. The summed E-state index contributed by atoms with van der Waals surface area (Å²) < 4.78 is 0. The predicted octanol–water partition coefficient (Wildman–Crippen LogP) is 2.27. The zero-order valence-electron chi connectivity index (χ0n) is 15.5. The van der Waals surface area contributed by atoms with Gasteiger partial charge in [0.15, 0.2) is 5.96 Å². The monoisotopic (exact) mass is 371 g/mol. The van der Waals surface area contributed by atoms with Crippen molar-refractivity contribution >= 4 is 28.9 Å². The van der Waals surface area contributed by atoms with Gasteiger partial charge in [-0.3, -0.25) is 9.79 Å².